The fourth-order valence-electron chi connectivity index (χ4n) is 2.22. The SMILES string of the molecule is COCc1cccc(C(=O)Nc2nc(-c3ccc(Cl)cc3)cs2)c1. The van der Waals surface area contributed by atoms with Gasteiger partial charge in [0.25, 0.3) is 5.91 Å². The molecule has 0 fully saturated rings. The number of halogens is 1. The van der Waals surface area contributed by atoms with E-state index >= 15 is 0 Å². The zero-order chi connectivity index (χ0) is 16.9. The summed E-state index contributed by atoms with van der Waals surface area (Å²) in [6.45, 7) is 0.471. The number of thiazole rings is 1. The molecule has 1 aromatic heterocycles. The molecule has 0 aliphatic heterocycles. The Morgan fingerprint density at radius 1 is 1.25 bits per heavy atom. The Morgan fingerprint density at radius 2 is 2.04 bits per heavy atom. The lowest BCUT2D eigenvalue weighted by Gasteiger charge is -2.04. The van der Waals surface area contributed by atoms with Crippen molar-refractivity contribution in [2.45, 2.75) is 6.61 Å². The predicted molar refractivity (Wildman–Crippen MR) is 97.7 cm³/mol. The largest absolute Gasteiger partial charge is 0.380 e. The van der Waals surface area contributed by atoms with Crippen molar-refractivity contribution in [3.05, 3.63) is 70.1 Å². The van der Waals surface area contributed by atoms with E-state index in [1.165, 1.54) is 11.3 Å². The van der Waals surface area contributed by atoms with Crippen molar-refractivity contribution < 1.29 is 9.53 Å². The number of carbonyl (C=O) groups excluding carboxylic acids is 1. The Labute approximate surface area is 149 Å². The summed E-state index contributed by atoms with van der Waals surface area (Å²) in [7, 11) is 1.63. The number of methoxy groups -OCH3 is 1. The number of nitrogens with zero attached hydrogens (tertiary/aromatic N) is 1. The van der Waals surface area contributed by atoms with Crippen molar-refractivity contribution in [3.8, 4) is 11.3 Å². The summed E-state index contributed by atoms with van der Waals surface area (Å²) in [5, 5.41) is 5.97. The standard InChI is InChI=1S/C18H15ClN2O2S/c1-23-10-12-3-2-4-14(9-12)17(22)21-18-20-16(11-24-18)13-5-7-15(19)8-6-13/h2-9,11H,10H2,1H3,(H,20,21,22). The van der Waals surface area contributed by atoms with Gasteiger partial charge in [0, 0.05) is 28.6 Å². The third-order valence-electron chi connectivity index (χ3n) is 3.36. The lowest BCUT2D eigenvalue weighted by atomic mass is 10.1. The van der Waals surface area contributed by atoms with Crippen molar-refractivity contribution in [2.75, 3.05) is 12.4 Å². The zero-order valence-corrected chi connectivity index (χ0v) is 14.5. The van der Waals surface area contributed by atoms with E-state index in [4.69, 9.17) is 16.3 Å². The van der Waals surface area contributed by atoms with Gasteiger partial charge >= 0.3 is 0 Å². The van der Waals surface area contributed by atoms with E-state index in [2.05, 4.69) is 10.3 Å². The molecule has 3 rings (SSSR count). The Balaban J connectivity index is 1.73. The van der Waals surface area contributed by atoms with Gasteiger partial charge < -0.3 is 4.74 Å². The smallest absolute Gasteiger partial charge is 0.257 e. The summed E-state index contributed by atoms with van der Waals surface area (Å²) in [6.07, 6.45) is 0. The van der Waals surface area contributed by atoms with Crippen LogP contribution in [0, 0.1) is 0 Å². The van der Waals surface area contributed by atoms with Gasteiger partial charge in [0.15, 0.2) is 5.13 Å². The van der Waals surface area contributed by atoms with Crippen LogP contribution in [0.4, 0.5) is 5.13 Å². The van der Waals surface area contributed by atoms with Crippen LogP contribution in [-0.2, 0) is 11.3 Å². The van der Waals surface area contributed by atoms with E-state index in [-0.39, 0.29) is 5.91 Å². The molecule has 4 nitrogen and oxygen atoms in total. The molecule has 122 valence electrons. The van der Waals surface area contributed by atoms with Gasteiger partial charge in [-0.05, 0) is 29.8 Å². The summed E-state index contributed by atoms with van der Waals surface area (Å²) >= 11 is 7.28. The molecule has 1 amide bonds. The van der Waals surface area contributed by atoms with Crippen LogP contribution in [0.5, 0.6) is 0 Å². The third kappa shape index (κ3) is 4.00. The summed E-state index contributed by atoms with van der Waals surface area (Å²) in [5.74, 6) is -0.190. The highest BCUT2D eigenvalue weighted by Crippen LogP contribution is 2.26. The second-order valence-electron chi connectivity index (χ2n) is 5.13. The van der Waals surface area contributed by atoms with E-state index in [9.17, 15) is 4.79 Å². The van der Waals surface area contributed by atoms with Crippen LogP contribution in [0.25, 0.3) is 11.3 Å². The van der Waals surface area contributed by atoms with Crippen molar-refractivity contribution in [1.29, 1.82) is 0 Å². The second-order valence-corrected chi connectivity index (χ2v) is 6.43. The first-order valence-electron chi connectivity index (χ1n) is 7.26. The highest BCUT2D eigenvalue weighted by atomic mass is 35.5. The fraction of sp³-hybridized carbons (Fsp3) is 0.111. The molecule has 24 heavy (non-hydrogen) atoms. The first kappa shape index (κ1) is 16.6. The molecule has 1 N–H and O–H groups in total. The molecule has 3 aromatic rings. The molecule has 1 heterocycles. The monoisotopic (exact) mass is 358 g/mol. The summed E-state index contributed by atoms with van der Waals surface area (Å²) in [5.41, 5.74) is 3.29. The third-order valence-corrected chi connectivity index (χ3v) is 4.37. The minimum Gasteiger partial charge on any atom is -0.380 e. The normalized spacial score (nSPS) is 10.6. The maximum Gasteiger partial charge on any atom is 0.257 e. The van der Waals surface area contributed by atoms with Gasteiger partial charge in [-0.15, -0.1) is 11.3 Å². The lowest BCUT2D eigenvalue weighted by molar-refractivity contribution is 0.102. The van der Waals surface area contributed by atoms with Crippen molar-refractivity contribution in [3.63, 3.8) is 0 Å². The Kier molecular flexibility index (Phi) is 5.25. The van der Waals surface area contributed by atoms with Crippen molar-refractivity contribution in [2.24, 2.45) is 0 Å². The number of benzene rings is 2. The van der Waals surface area contributed by atoms with Crippen LogP contribution in [-0.4, -0.2) is 18.0 Å². The van der Waals surface area contributed by atoms with Gasteiger partial charge in [-0.1, -0.05) is 35.9 Å². The van der Waals surface area contributed by atoms with Gasteiger partial charge in [-0.2, -0.15) is 0 Å². The lowest BCUT2D eigenvalue weighted by Crippen LogP contribution is -2.12. The number of amides is 1. The molecule has 0 radical (unpaired) electrons. The maximum atomic E-state index is 12.4. The molecule has 2 aromatic carbocycles. The Hall–Kier alpha value is -2.21. The molecule has 0 saturated carbocycles. The molecule has 0 saturated heterocycles. The van der Waals surface area contributed by atoms with Gasteiger partial charge in [0.1, 0.15) is 0 Å². The summed E-state index contributed by atoms with van der Waals surface area (Å²) in [6, 6.07) is 14.8. The zero-order valence-electron chi connectivity index (χ0n) is 13.0. The highest BCUT2D eigenvalue weighted by Gasteiger charge is 2.10. The Bertz CT molecular complexity index is 846. The summed E-state index contributed by atoms with van der Waals surface area (Å²) < 4.78 is 5.09. The number of anilines is 1. The van der Waals surface area contributed by atoms with Crippen molar-refractivity contribution >= 4 is 34.0 Å². The van der Waals surface area contributed by atoms with E-state index in [1.807, 2.05) is 47.8 Å². The number of carbonyl (C=O) groups is 1. The molecule has 0 unspecified atom stereocenters. The minimum absolute atomic E-state index is 0.190. The first-order chi connectivity index (χ1) is 11.7. The molecular weight excluding hydrogens is 344 g/mol. The molecule has 0 spiro atoms. The van der Waals surface area contributed by atoms with Gasteiger partial charge in [0.2, 0.25) is 0 Å². The number of hydrogen-bond acceptors (Lipinski definition) is 4. The molecule has 0 aliphatic rings. The average molecular weight is 359 g/mol. The van der Waals surface area contributed by atoms with Crippen LogP contribution < -0.4 is 5.32 Å². The van der Waals surface area contributed by atoms with Crippen LogP contribution in [0.1, 0.15) is 15.9 Å². The fourth-order valence-corrected chi connectivity index (χ4v) is 3.06. The summed E-state index contributed by atoms with van der Waals surface area (Å²) in [4.78, 5) is 16.8. The molecular formula is C18H15ClN2O2S. The molecule has 6 heteroatoms. The number of rotatable bonds is 5. The molecule has 0 bridgehead atoms. The van der Waals surface area contributed by atoms with E-state index in [0.29, 0.717) is 22.3 Å². The van der Waals surface area contributed by atoms with Gasteiger partial charge in [-0.3, -0.25) is 10.1 Å². The van der Waals surface area contributed by atoms with Crippen LogP contribution in [0.3, 0.4) is 0 Å². The topological polar surface area (TPSA) is 51.2 Å². The second kappa shape index (κ2) is 7.57. The van der Waals surface area contributed by atoms with Gasteiger partial charge in [0.05, 0.1) is 12.3 Å². The van der Waals surface area contributed by atoms with Crippen molar-refractivity contribution in [1.82, 2.24) is 4.98 Å². The predicted octanol–water partition coefficient (Wildman–Crippen LogP) is 4.86. The molecule has 0 aliphatic carbocycles. The number of nitrogens with one attached hydrogen (secondary N) is 1. The Morgan fingerprint density at radius 3 is 2.79 bits per heavy atom. The first-order valence-corrected chi connectivity index (χ1v) is 8.52. The average Bonchev–Trinajstić information content (AvgIpc) is 3.04. The van der Waals surface area contributed by atoms with Crippen LogP contribution in [0.15, 0.2) is 53.9 Å². The van der Waals surface area contributed by atoms with E-state index in [1.54, 1.807) is 13.2 Å². The van der Waals surface area contributed by atoms with E-state index < -0.39 is 0 Å². The minimum atomic E-state index is -0.190. The number of aromatic nitrogens is 1. The van der Waals surface area contributed by atoms with Crippen LogP contribution in [0.2, 0.25) is 5.02 Å². The van der Waals surface area contributed by atoms with Crippen LogP contribution >= 0.6 is 22.9 Å². The molecule has 0 atom stereocenters. The highest BCUT2D eigenvalue weighted by molar-refractivity contribution is 7.14. The maximum absolute atomic E-state index is 12.4. The van der Waals surface area contributed by atoms with E-state index in [0.717, 1.165) is 16.8 Å². The quantitative estimate of drug-likeness (QED) is 0.708. The number of hydrogen-bond donors (Lipinski definition) is 1. The number of ether oxygens (including phenoxy) is 1. The van der Waals surface area contributed by atoms with Gasteiger partial charge in [-0.25, -0.2) is 4.98 Å².